The predicted octanol–water partition coefficient (Wildman–Crippen LogP) is 3.11. The Hall–Kier alpha value is -1.53. The monoisotopic (exact) mass is 246 g/mol. The summed E-state index contributed by atoms with van der Waals surface area (Å²) in [5.74, 6) is 0.789. The maximum atomic E-state index is 9.27. The molecule has 0 saturated heterocycles. The topological polar surface area (TPSA) is 59.0 Å². The van der Waals surface area contributed by atoms with Crippen LogP contribution in [-0.4, -0.2) is 7.11 Å². The summed E-state index contributed by atoms with van der Waals surface area (Å²) >= 11 is 0. The van der Waals surface area contributed by atoms with Crippen LogP contribution >= 0.6 is 0 Å². The molecule has 0 heterocycles. The highest BCUT2D eigenvalue weighted by atomic mass is 16.5. The SMILES string of the molecule is COc1cc(C)cc(C)c1C(N)C(C#N)C(C)C. The minimum Gasteiger partial charge on any atom is -0.496 e. The van der Waals surface area contributed by atoms with Crippen molar-refractivity contribution < 1.29 is 4.74 Å². The molecule has 3 heteroatoms. The Morgan fingerprint density at radius 2 is 1.89 bits per heavy atom. The molecular formula is C15H22N2O. The molecule has 3 nitrogen and oxygen atoms in total. The van der Waals surface area contributed by atoms with Crippen LogP contribution in [0.2, 0.25) is 0 Å². The molecule has 0 radical (unpaired) electrons. The third-order valence-electron chi connectivity index (χ3n) is 3.30. The van der Waals surface area contributed by atoms with E-state index in [1.54, 1.807) is 7.11 Å². The molecule has 0 aliphatic rings. The van der Waals surface area contributed by atoms with Crippen molar-refractivity contribution in [3.8, 4) is 11.8 Å². The molecule has 2 atom stereocenters. The average molecular weight is 246 g/mol. The maximum absolute atomic E-state index is 9.27. The van der Waals surface area contributed by atoms with Crippen LogP contribution < -0.4 is 10.5 Å². The number of benzene rings is 1. The van der Waals surface area contributed by atoms with Gasteiger partial charge in [0.1, 0.15) is 5.75 Å². The van der Waals surface area contributed by atoms with Gasteiger partial charge in [-0.3, -0.25) is 0 Å². The van der Waals surface area contributed by atoms with E-state index in [-0.39, 0.29) is 17.9 Å². The van der Waals surface area contributed by atoms with Crippen LogP contribution in [0.25, 0.3) is 0 Å². The first-order chi connectivity index (χ1) is 8.42. The largest absolute Gasteiger partial charge is 0.496 e. The second-order valence-electron chi connectivity index (χ2n) is 5.12. The summed E-state index contributed by atoms with van der Waals surface area (Å²) in [6.45, 7) is 8.07. The number of nitriles is 1. The zero-order valence-electron chi connectivity index (χ0n) is 11.8. The lowest BCUT2D eigenvalue weighted by Crippen LogP contribution is -2.25. The zero-order chi connectivity index (χ0) is 13.9. The van der Waals surface area contributed by atoms with Crippen molar-refractivity contribution in [3.63, 3.8) is 0 Å². The molecule has 0 fully saturated rings. The summed E-state index contributed by atoms with van der Waals surface area (Å²) in [4.78, 5) is 0. The van der Waals surface area contributed by atoms with E-state index in [2.05, 4.69) is 12.1 Å². The van der Waals surface area contributed by atoms with Gasteiger partial charge in [0.25, 0.3) is 0 Å². The van der Waals surface area contributed by atoms with Crippen LogP contribution in [-0.2, 0) is 0 Å². The number of hydrogen-bond donors (Lipinski definition) is 1. The Labute approximate surface area is 110 Å². The second kappa shape index (κ2) is 5.88. The summed E-state index contributed by atoms with van der Waals surface area (Å²) in [7, 11) is 1.64. The van der Waals surface area contributed by atoms with Gasteiger partial charge in [-0.2, -0.15) is 5.26 Å². The molecule has 0 aliphatic carbocycles. The van der Waals surface area contributed by atoms with E-state index >= 15 is 0 Å². The molecule has 1 aromatic rings. The highest BCUT2D eigenvalue weighted by molar-refractivity contribution is 5.45. The summed E-state index contributed by atoms with van der Waals surface area (Å²) < 4.78 is 5.41. The number of nitrogens with zero attached hydrogens (tertiary/aromatic N) is 1. The van der Waals surface area contributed by atoms with Crippen molar-refractivity contribution in [1.29, 1.82) is 5.26 Å². The van der Waals surface area contributed by atoms with Gasteiger partial charge < -0.3 is 10.5 Å². The zero-order valence-corrected chi connectivity index (χ0v) is 11.8. The van der Waals surface area contributed by atoms with Gasteiger partial charge >= 0.3 is 0 Å². The lowest BCUT2D eigenvalue weighted by Gasteiger charge is -2.25. The second-order valence-corrected chi connectivity index (χ2v) is 5.12. The third kappa shape index (κ3) is 2.83. The standard InChI is InChI=1S/C15H22N2O/c1-9(2)12(8-16)15(17)14-11(4)6-10(3)7-13(14)18-5/h6-7,9,12,15H,17H2,1-5H3. The van der Waals surface area contributed by atoms with Crippen molar-refractivity contribution in [3.05, 3.63) is 28.8 Å². The first kappa shape index (κ1) is 14.5. The highest BCUT2D eigenvalue weighted by Gasteiger charge is 2.26. The molecule has 0 amide bonds. The molecule has 2 N–H and O–H groups in total. The van der Waals surface area contributed by atoms with Gasteiger partial charge in [0.15, 0.2) is 0 Å². The van der Waals surface area contributed by atoms with Gasteiger partial charge in [0, 0.05) is 11.6 Å². The summed E-state index contributed by atoms with van der Waals surface area (Å²) in [6, 6.07) is 6.04. The van der Waals surface area contributed by atoms with Crippen LogP contribution in [0.15, 0.2) is 12.1 Å². The van der Waals surface area contributed by atoms with Crippen molar-refractivity contribution in [2.45, 2.75) is 33.7 Å². The van der Waals surface area contributed by atoms with Crippen molar-refractivity contribution >= 4 is 0 Å². The highest BCUT2D eigenvalue weighted by Crippen LogP contribution is 2.34. The average Bonchev–Trinajstić information content (AvgIpc) is 2.27. The summed E-state index contributed by atoms with van der Waals surface area (Å²) in [5, 5.41) is 9.27. The smallest absolute Gasteiger partial charge is 0.124 e. The van der Waals surface area contributed by atoms with Crippen molar-refractivity contribution in [2.75, 3.05) is 7.11 Å². The quantitative estimate of drug-likeness (QED) is 0.888. The van der Waals surface area contributed by atoms with Gasteiger partial charge in [0.05, 0.1) is 19.1 Å². The van der Waals surface area contributed by atoms with Crippen LogP contribution in [0.3, 0.4) is 0 Å². The number of hydrogen-bond acceptors (Lipinski definition) is 3. The van der Waals surface area contributed by atoms with Crippen molar-refractivity contribution in [2.24, 2.45) is 17.6 Å². The molecule has 2 unspecified atom stereocenters. The molecule has 0 spiro atoms. The molecule has 0 aliphatic heterocycles. The third-order valence-corrected chi connectivity index (χ3v) is 3.30. The van der Waals surface area contributed by atoms with E-state index in [4.69, 9.17) is 10.5 Å². The first-order valence-corrected chi connectivity index (χ1v) is 6.22. The summed E-state index contributed by atoms with van der Waals surface area (Å²) in [5.41, 5.74) is 9.44. The van der Waals surface area contributed by atoms with E-state index < -0.39 is 0 Å². The molecule has 18 heavy (non-hydrogen) atoms. The first-order valence-electron chi connectivity index (χ1n) is 6.22. The van der Waals surface area contributed by atoms with Gasteiger partial charge in [-0.1, -0.05) is 19.9 Å². The van der Waals surface area contributed by atoms with Crippen LogP contribution in [0.5, 0.6) is 5.75 Å². The van der Waals surface area contributed by atoms with Crippen LogP contribution in [0.1, 0.15) is 36.6 Å². The van der Waals surface area contributed by atoms with Crippen LogP contribution in [0.4, 0.5) is 0 Å². The molecule has 0 bridgehead atoms. The fraction of sp³-hybridized carbons (Fsp3) is 0.533. The number of aryl methyl sites for hydroxylation is 2. The molecule has 1 rings (SSSR count). The van der Waals surface area contributed by atoms with E-state index in [9.17, 15) is 5.26 Å². The fourth-order valence-corrected chi connectivity index (χ4v) is 2.36. The Bertz CT molecular complexity index is 460. The minimum atomic E-state index is -0.314. The van der Waals surface area contributed by atoms with Gasteiger partial charge in [-0.25, -0.2) is 0 Å². The Morgan fingerprint density at radius 1 is 1.28 bits per heavy atom. The predicted molar refractivity (Wildman–Crippen MR) is 73.3 cm³/mol. The molecule has 0 aromatic heterocycles. The Morgan fingerprint density at radius 3 is 2.33 bits per heavy atom. The summed E-state index contributed by atoms with van der Waals surface area (Å²) in [6.07, 6.45) is 0. The van der Waals surface area contributed by atoms with Crippen molar-refractivity contribution in [1.82, 2.24) is 0 Å². The van der Waals surface area contributed by atoms with E-state index in [1.165, 1.54) is 0 Å². The number of nitrogens with two attached hydrogens (primary N) is 1. The van der Waals surface area contributed by atoms with Gasteiger partial charge in [-0.15, -0.1) is 0 Å². The van der Waals surface area contributed by atoms with Gasteiger partial charge in [0.2, 0.25) is 0 Å². The number of ether oxygens (including phenoxy) is 1. The maximum Gasteiger partial charge on any atom is 0.124 e. The normalized spacial score (nSPS) is 14.1. The Kier molecular flexibility index (Phi) is 4.75. The molecular weight excluding hydrogens is 224 g/mol. The molecule has 1 aromatic carbocycles. The minimum absolute atomic E-state index is 0.208. The lowest BCUT2D eigenvalue weighted by molar-refractivity contribution is 0.371. The Balaban J connectivity index is 3.28. The number of rotatable bonds is 4. The molecule has 98 valence electrons. The number of methoxy groups -OCH3 is 1. The lowest BCUT2D eigenvalue weighted by atomic mass is 9.84. The molecule has 0 saturated carbocycles. The van der Waals surface area contributed by atoms with Gasteiger partial charge in [-0.05, 0) is 37.0 Å². The van der Waals surface area contributed by atoms with E-state index in [0.717, 1.165) is 22.4 Å². The van der Waals surface area contributed by atoms with E-state index in [1.807, 2.05) is 33.8 Å². The fourth-order valence-electron chi connectivity index (χ4n) is 2.36. The van der Waals surface area contributed by atoms with Crippen LogP contribution in [0, 0.1) is 37.0 Å². The van der Waals surface area contributed by atoms with E-state index in [0.29, 0.717) is 0 Å².